The first-order chi connectivity index (χ1) is 3.29. The second-order valence-electron chi connectivity index (χ2n) is 1.30. The van der Waals surface area contributed by atoms with E-state index < -0.39 is 0 Å². The Labute approximate surface area is 41.4 Å². The summed E-state index contributed by atoms with van der Waals surface area (Å²) in [6.07, 6.45) is 1.67. The fourth-order valence-electron chi connectivity index (χ4n) is 0.362. The molecule has 0 saturated carbocycles. The van der Waals surface area contributed by atoms with Crippen LogP contribution in [0.1, 0.15) is 6.92 Å². The van der Waals surface area contributed by atoms with Gasteiger partial charge >= 0.3 is 0 Å². The Morgan fingerprint density at radius 2 is 2.71 bits per heavy atom. The molecule has 0 aromatic carbocycles. The third kappa shape index (κ3) is 0.819. The van der Waals surface area contributed by atoms with Crippen LogP contribution in [0, 0.1) is 0 Å². The highest BCUT2D eigenvalue weighted by Gasteiger charge is 2.03. The first kappa shape index (κ1) is 4.42. The van der Waals surface area contributed by atoms with Crippen LogP contribution in [-0.2, 0) is 4.84 Å². The number of hydrogen-bond acceptors (Lipinski definition) is 4. The molecule has 0 atom stereocenters. The molecular formula is C3H7N3O. The summed E-state index contributed by atoms with van der Waals surface area (Å²) < 4.78 is 0. The quantitative estimate of drug-likeness (QED) is 0.403. The fraction of sp³-hybridized carbons (Fsp3) is 0.333. The molecule has 0 unspecified atom stereocenters. The van der Waals surface area contributed by atoms with E-state index in [1.54, 1.807) is 13.1 Å². The Kier molecular flexibility index (Phi) is 0.883. The number of hydrazine groups is 2. The minimum Gasteiger partial charge on any atom is -0.375 e. The summed E-state index contributed by atoms with van der Waals surface area (Å²) in [6, 6.07) is 0. The molecule has 0 aromatic heterocycles. The van der Waals surface area contributed by atoms with Gasteiger partial charge in [-0.05, 0) is 6.92 Å². The Bertz CT molecular complexity index is 100. The van der Waals surface area contributed by atoms with Crippen molar-refractivity contribution in [1.82, 2.24) is 10.7 Å². The molecular weight excluding hydrogens is 94.1 g/mol. The van der Waals surface area contributed by atoms with Crippen molar-refractivity contribution in [2.45, 2.75) is 6.92 Å². The van der Waals surface area contributed by atoms with Gasteiger partial charge in [0.25, 0.3) is 0 Å². The molecule has 0 radical (unpaired) electrons. The van der Waals surface area contributed by atoms with E-state index in [0.29, 0.717) is 0 Å². The van der Waals surface area contributed by atoms with Gasteiger partial charge in [0, 0.05) is 5.28 Å². The number of nitrogens with one attached hydrogen (secondary N) is 1. The maximum atomic E-state index is 5.07. The zero-order chi connectivity index (χ0) is 5.28. The van der Waals surface area contributed by atoms with Crippen LogP contribution in [-0.4, -0.2) is 5.28 Å². The molecule has 1 aliphatic rings. The molecule has 3 N–H and O–H groups in total. The third-order valence-corrected chi connectivity index (χ3v) is 0.637. The van der Waals surface area contributed by atoms with Gasteiger partial charge in [-0.2, -0.15) is 0 Å². The van der Waals surface area contributed by atoms with Crippen molar-refractivity contribution >= 4 is 0 Å². The fourth-order valence-corrected chi connectivity index (χ4v) is 0.362. The Hall–Kier alpha value is -0.740. The second kappa shape index (κ2) is 1.40. The summed E-state index contributed by atoms with van der Waals surface area (Å²) in [6.45, 7) is 1.81. The first-order valence-electron chi connectivity index (χ1n) is 1.95. The summed E-state index contributed by atoms with van der Waals surface area (Å²) in [5.41, 5.74) is 2.60. The van der Waals surface area contributed by atoms with Crippen LogP contribution < -0.4 is 11.3 Å². The Morgan fingerprint density at radius 3 is 2.86 bits per heavy atom. The van der Waals surface area contributed by atoms with Crippen LogP contribution in [0.4, 0.5) is 0 Å². The molecule has 4 heteroatoms. The van der Waals surface area contributed by atoms with Crippen LogP contribution in [0.15, 0.2) is 12.0 Å². The van der Waals surface area contributed by atoms with Crippen molar-refractivity contribution < 1.29 is 4.84 Å². The van der Waals surface area contributed by atoms with Crippen LogP contribution in [0.25, 0.3) is 0 Å². The zero-order valence-electron chi connectivity index (χ0n) is 4.01. The molecule has 0 aromatic rings. The normalized spacial score (nSPS) is 20.6. The van der Waals surface area contributed by atoms with E-state index in [9.17, 15) is 0 Å². The summed E-state index contributed by atoms with van der Waals surface area (Å²) in [5, 5.41) is 1.04. The molecule has 1 aliphatic heterocycles. The van der Waals surface area contributed by atoms with E-state index in [-0.39, 0.29) is 0 Å². The minimum absolute atomic E-state index is 0.766. The molecule has 1 rings (SSSR count). The Balaban J connectivity index is 2.42. The summed E-state index contributed by atoms with van der Waals surface area (Å²) in [4.78, 5) is 4.72. The van der Waals surface area contributed by atoms with Crippen LogP contribution in [0.2, 0.25) is 0 Å². The van der Waals surface area contributed by atoms with E-state index >= 15 is 0 Å². The van der Waals surface area contributed by atoms with Crippen molar-refractivity contribution in [1.29, 1.82) is 0 Å². The van der Waals surface area contributed by atoms with Gasteiger partial charge in [-0.15, -0.1) is 0 Å². The largest absolute Gasteiger partial charge is 0.375 e. The lowest BCUT2D eigenvalue weighted by molar-refractivity contribution is -0.128. The molecule has 4 nitrogen and oxygen atoms in total. The highest BCUT2D eigenvalue weighted by atomic mass is 16.7. The molecule has 7 heavy (non-hydrogen) atoms. The summed E-state index contributed by atoms with van der Waals surface area (Å²) in [5.74, 6) is 5.84. The number of rotatable bonds is 0. The first-order valence-corrected chi connectivity index (χ1v) is 1.95. The summed E-state index contributed by atoms with van der Waals surface area (Å²) in [7, 11) is 0. The highest BCUT2D eigenvalue weighted by molar-refractivity contribution is 4.87. The summed E-state index contributed by atoms with van der Waals surface area (Å²) >= 11 is 0. The highest BCUT2D eigenvalue weighted by Crippen LogP contribution is 1.98. The average Bonchev–Trinajstić information content (AvgIpc) is 1.87. The smallest absolute Gasteiger partial charge is 0.142 e. The average molecular weight is 101 g/mol. The van der Waals surface area contributed by atoms with Gasteiger partial charge in [0.15, 0.2) is 0 Å². The Morgan fingerprint density at radius 1 is 2.00 bits per heavy atom. The van der Waals surface area contributed by atoms with Gasteiger partial charge in [0.05, 0.1) is 6.20 Å². The van der Waals surface area contributed by atoms with Gasteiger partial charge < -0.3 is 4.84 Å². The van der Waals surface area contributed by atoms with E-state index in [1.807, 2.05) is 0 Å². The van der Waals surface area contributed by atoms with Crippen molar-refractivity contribution in [2.75, 3.05) is 0 Å². The molecule has 0 saturated heterocycles. The van der Waals surface area contributed by atoms with Crippen LogP contribution in [0.3, 0.4) is 0 Å². The molecule has 0 amide bonds. The predicted octanol–water partition coefficient (Wildman–Crippen LogP) is -0.527. The SMILES string of the molecule is CC1=CNN(N)O1. The van der Waals surface area contributed by atoms with Gasteiger partial charge in [0.2, 0.25) is 0 Å². The zero-order valence-corrected chi connectivity index (χ0v) is 4.01. The second-order valence-corrected chi connectivity index (χ2v) is 1.30. The lowest BCUT2D eigenvalue weighted by Crippen LogP contribution is -2.35. The molecule has 0 bridgehead atoms. The molecule has 0 aliphatic carbocycles. The van der Waals surface area contributed by atoms with Crippen LogP contribution >= 0.6 is 0 Å². The predicted molar refractivity (Wildman–Crippen MR) is 24.0 cm³/mol. The number of nitrogens with two attached hydrogens (primary N) is 1. The van der Waals surface area contributed by atoms with E-state index in [2.05, 4.69) is 5.43 Å². The maximum absolute atomic E-state index is 5.07. The van der Waals surface area contributed by atoms with Crippen molar-refractivity contribution in [3.63, 3.8) is 0 Å². The van der Waals surface area contributed by atoms with Gasteiger partial charge in [-0.3, -0.25) is 5.43 Å². The minimum atomic E-state index is 0.766. The monoisotopic (exact) mass is 101 g/mol. The van der Waals surface area contributed by atoms with Crippen molar-refractivity contribution in [3.8, 4) is 0 Å². The molecule has 0 spiro atoms. The lowest BCUT2D eigenvalue weighted by atomic mass is 10.6. The molecule has 0 fully saturated rings. The van der Waals surface area contributed by atoms with Crippen molar-refractivity contribution in [2.24, 2.45) is 5.84 Å². The van der Waals surface area contributed by atoms with Crippen LogP contribution in [0.5, 0.6) is 0 Å². The number of allylic oxidation sites excluding steroid dienone is 1. The molecule has 40 valence electrons. The lowest BCUT2D eigenvalue weighted by Gasteiger charge is -2.05. The van der Waals surface area contributed by atoms with E-state index in [4.69, 9.17) is 10.7 Å². The standard InChI is InChI=1S/C3H7N3O/c1-3-2-5-6(4)7-3/h2,5H,4H2,1H3. The van der Waals surface area contributed by atoms with Crippen molar-refractivity contribution in [3.05, 3.63) is 12.0 Å². The topological polar surface area (TPSA) is 50.5 Å². The number of hydrogen-bond donors (Lipinski definition) is 2. The van der Waals surface area contributed by atoms with Gasteiger partial charge in [0.1, 0.15) is 5.76 Å². The maximum Gasteiger partial charge on any atom is 0.142 e. The molecule has 1 heterocycles. The third-order valence-electron chi connectivity index (χ3n) is 0.637. The number of nitrogens with zero attached hydrogens (tertiary/aromatic N) is 1. The van der Waals surface area contributed by atoms with Gasteiger partial charge in [-0.25, -0.2) is 5.84 Å². The van der Waals surface area contributed by atoms with Gasteiger partial charge in [-0.1, -0.05) is 0 Å². The van der Waals surface area contributed by atoms with E-state index in [0.717, 1.165) is 11.0 Å². The van der Waals surface area contributed by atoms with E-state index in [1.165, 1.54) is 0 Å².